The molecule has 0 radical (unpaired) electrons. The van der Waals surface area contributed by atoms with E-state index in [1.165, 1.54) is 16.3 Å². The minimum atomic E-state index is 0.390. The van der Waals surface area contributed by atoms with Gasteiger partial charge in [0.2, 0.25) is 0 Å². The first-order valence-corrected chi connectivity index (χ1v) is 8.11. The van der Waals surface area contributed by atoms with E-state index in [9.17, 15) is 0 Å². The molecule has 3 unspecified atom stereocenters. The molecule has 1 aliphatic rings. The van der Waals surface area contributed by atoms with Gasteiger partial charge in [0, 0.05) is 12.0 Å². The van der Waals surface area contributed by atoms with Crippen molar-refractivity contribution in [3.05, 3.63) is 48.0 Å². The topological polar surface area (TPSA) is 21.3 Å². The predicted octanol–water partition coefficient (Wildman–Crippen LogP) is 4.31. The Morgan fingerprint density at radius 3 is 2.71 bits per heavy atom. The highest BCUT2D eigenvalue weighted by Crippen LogP contribution is 2.33. The van der Waals surface area contributed by atoms with Crippen LogP contribution in [0, 0.1) is 5.92 Å². The molecule has 0 aromatic heterocycles. The van der Waals surface area contributed by atoms with Crippen molar-refractivity contribution in [2.24, 2.45) is 5.92 Å². The summed E-state index contributed by atoms with van der Waals surface area (Å²) in [5.74, 6) is 0.577. The zero-order chi connectivity index (χ0) is 14.7. The third-order valence-electron chi connectivity index (χ3n) is 4.45. The molecule has 1 saturated heterocycles. The lowest BCUT2D eigenvalue weighted by Gasteiger charge is -2.25. The van der Waals surface area contributed by atoms with Crippen molar-refractivity contribution in [2.45, 2.75) is 38.8 Å². The smallest absolute Gasteiger partial charge is 0.0551 e. The number of nitrogens with one attached hydrogen (secondary N) is 1. The van der Waals surface area contributed by atoms with Crippen molar-refractivity contribution in [3.63, 3.8) is 0 Å². The minimum Gasteiger partial charge on any atom is -0.378 e. The maximum Gasteiger partial charge on any atom is 0.0551 e. The summed E-state index contributed by atoms with van der Waals surface area (Å²) in [5, 5.41) is 6.37. The van der Waals surface area contributed by atoms with Crippen molar-refractivity contribution in [1.29, 1.82) is 0 Å². The normalized spacial score (nSPS) is 23.5. The minimum absolute atomic E-state index is 0.390. The van der Waals surface area contributed by atoms with Gasteiger partial charge in [-0.15, -0.1) is 0 Å². The van der Waals surface area contributed by atoms with Crippen LogP contribution in [0.4, 0.5) is 0 Å². The lowest BCUT2D eigenvalue weighted by atomic mass is 9.89. The average molecular weight is 283 g/mol. The second-order valence-electron chi connectivity index (χ2n) is 6.18. The standard InChI is InChI=1S/C19H25NO/c1-3-10-20-19(18-11-14(2)21-13-18)17-9-8-15-6-4-5-7-16(15)12-17/h4-9,12,14,18-20H,3,10-11,13H2,1-2H3. The van der Waals surface area contributed by atoms with Gasteiger partial charge in [-0.1, -0.05) is 43.3 Å². The Kier molecular flexibility index (Phi) is 4.57. The number of rotatable bonds is 5. The van der Waals surface area contributed by atoms with Crippen LogP contribution in [0.15, 0.2) is 42.5 Å². The van der Waals surface area contributed by atoms with Crippen LogP contribution in [0.25, 0.3) is 10.8 Å². The second-order valence-corrected chi connectivity index (χ2v) is 6.18. The quantitative estimate of drug-likeness (QED) is 0.883. The lowest BCUT2D eigenvalue weighted by Crippen LogP contribution is -2.29. The van der Waals surface area contributed by atoms with E-state index in [1.807, 2.05) is 0 Å². The number of hydrogen-bond donors (Lipinski definition) is 1. The van der Waals surface area contributed by atoms with Crippen molar-refractivity contribution >= 4 is 10.8 Å². The molecule has 2 aromatic rings. The van der Waals surface area contributed by atoms with Crippen LogP contribution in [-0.2, 0) is 4.74 Å². The molecule has 3 atom stereocenters. The van der Waals surface area contributed by atoms with Gasteiger partial charge in [-0.25, -0.2) is 0 Å². The fraction of sp³-hybridized carbons (Fsp3) is 0.474. The summed E-state index contributed by atoms with van der Waals surface area (Å²) < 4.78 is 5.80. The van der Waals surface area contributed by atoms with E-state index in [-0.39, 0.29) is 0 Å². The molecule has 0 amide bonds. The summed E-state index contributed by atoms with van der Waals surface area (Å²) in [6.07, 6.45) is 2.70. The molecule has 1 N–H and O–H groups in total. The first kappa shape index (κ1) is 14.6. The largest absolute Gasteiger partial charge is 0.378 e. The summed E-state index contributed by atoms with van der Waals surface area (Å²) >= 11 is 0. The van der Waals surface area contributed by atoms with Crippen molar-refractivity contribution < 1.29 is 4.74 Å². The van der Waals surface area contributed by atoms with E-state index in [2.05, 4.69) is 61.6 Å². The first-order chi connectivity index (χ1) is 10.3. The maximum atomic E-state index is 5.80. The van der Waals surface area contributed by atoms with Gasteiger partial charge >= 0.3 is 0 Å². The molecule has 0 bridgehead atoms. The van der Waals surface area contributed by atoms with Crippen molar-refractivity contribution in [1.82, 2.24) is 5.32 Å². The number of ether oxygens (including phenoxy) is 1. The van der Waals surface area contributed by atoms with Gasteiger partial charge in [-0.3, -0.25) is 0 Å². The molecular weight excluding hydrogens is 258 g/mol. The van der Waals surface area contributed by atoms with Crippen LogP contribution < -0.4 is 5.32 Å². The molecule has 1 heterocycles. The van der Waals surface area contributed by atoms with Gasteiger partial charge < -0.3 is 10.1 Å². The molecule has 0 saturated carbocycles. The average Bonchev–Trinajstić information content (AvgIpc) is 2.94. The van der Waals surface area contributed by atoms with Crippen LogP contribution in [0.5, 0.6) is 0 Å². The molecular formula is C19H25NO. The third kappa shape index (κ3) is 3.28. The Morgan fingerprint density at radius 2 is 2.00 bits per heavy atom. The van der Waals surface area contributed by atoms with Crippen molar-refractivity contribution in [2.75, 3.05) is 13.2 Å². The van der Waals surface area contributed by atoms with E-state index >= 15 is 0 Å². The van der Waals surface area contributed by atoms with Crippen molar-refractivity contribution in [3.8, 4) is 0 Å². The summed E-state index contributed by atoms with van der Waals surface area (Å²) in [7, 11) is 0. The van der Waals surface area contributed by atoms with Gasteiger partial charge in [0.1, 0.15) is 0 Å². The molecule has 1 fully saturated rings. The highest BCUT2D eigenvalue weighted by atomic mass is 16.5. The van der Waals surface area contributed by atoms with E-state index in [1.54, 1.807) is 0 Å². The molecule has 2 aromatic carbocycles. The zero-order valence-electron chi connectivity index (χ0n) is 13.0. The first-order valence-electron chi connectivity index (χ1n) is 8.11. The molecule has 21 heavy (non-hydrogen) atoms. The summed E-state index contributed by atoms with van der Waals surface area (Å²) in [5.41, 5.74) is 1.39. The van der Waals surface area contributed by atoms with Crippen LogP contribution in [0.2, 0.25) is 0 Å². The van der Waals surface area contributed by atoms with Gasteiger partial charge in [0.05, 0.1) is 12.7 Å². The fourth-order valence-corrected chi connectivity index (χ4v) is 3.34. The Balaban J connectivity index is 1.89. The maximum absolute atomic E-state index is 5.80. The molecule has 112 valence electrons. The molecule has 3 rings (SSSR count). The second kappa shape index (κ2) is 6.59. The number of fused-ring (bicyclic) bond motifs is 1. The van der Waals surface area contributed by atoms with Crippen LogP contribution >= 0.6 is 0 Å². The van der Waals surface area contributed by atoms with E-state index in [0.717, 1.165) is 26.0 Å². The molecule has 2 heteroatoms. The van der Waals surface area contributed by atoms with E-state index in [4.69, 9.17) is 4.74 Å². The Labute approximate surface area is 127 Å². The Hall–Kier alpha value is -1.38. The zero-order valence-corrected chi connectivity index (χ0v) is 13.0. The van der Waals surface area contributed by atoms with Gasteiger partial charge in [-0.05, 0) is 48.7 Å². The van der Waals surface area contributed by atoms with Gasteiger partial charge in [0.15, 0.2) is 0 Å². The summed E-state index contributed by atoms with van der Waals surface area (Å²) in [4.78, 5) is 0. The monoisotopic (exact) mass is 283 g/mol. The lowest BCUT2D eigenvalue weighted by molar-refractivity contribution is 0.117. The van der Waals surface area contributed by atoms with Crippen LogP contribution in [0.3, 0.4) is 0 Å². The number of hydrogen-bond acceptors (Lipinski definition) is 2. The van der Waals surface area contributed by atoms with E-state index in [0.29, 0.717) is 18.1 Å². The molecule has 1 aliphatic heterocycles. The molecule has 0 spiro atoms. The number of benzene rings is 2. The SMILES string of the molecule is CCCNC(c1ccc2ccccc2c1)C1COC(C)C1. The van der Waals surface area contributed by atoms with Gasteiger partial charge in [0.25, 0.3) is 0 Å². The predicted molar refractivity (Wildman–Crippen MR) is 88.5 cm³/mol. The third-order valence-corrected chi connectivity index (χ3v) is 4.45. The summed E-state index contributed by atoms with van der Waals surface area (Å²) in [6, 6.07) is 15.8. The molecule has 0 aliphatic carbocycles. The Bertz CT molecular complexity index is 595. The van der Waals surface area contributed by atoms with E-state index < -0.39 is 0 Å². The van der Waals surface area contributed by atoms with Gasteiger partial charge in [-0.2, -0.15) is 0 Å². The van der Waals surface area contributed by atoms with Crippen LogP contribution in [-0.4, -0.2) is 19.3 Å². The highest BCUT2D eigenvalue weighted by Gasteiger charge is 2.30. The summed E-state index contributed by atoms with van der Waals surface area (Å²) in [6.45, 7) is 6.33. The fourth-order valence-electron chi connectivity index (χ4n) is 3.34. The Morgan fingerprint density at radius 1 is 1.19 bits per heavy atom. The highest BCUT2D eigenvalue weighted by molar-refractivity contribution is 5.83. The van der Waals surface area contributed by atoms with Crippen LogP contribution in [0.1, 0.15) is 38.3 Å². The molecule has 2 nitrogen and oxygen atoms in total.